The molecular formula is C10H23NO. The van der Waals surface area contributed by atoms with Crippen molar-refractivity contribution in [1.82, 2.24) is 5.32 Å². The van der Waals surface area contributed by atoms with E-state index in [1.807, 2.05) is 0 Å². The van der Waals surface area contributed by atoms with E-state index in [0.29, 0.717) is 12.1 Å². The van der Waals surface area contributed by atoms with Crippen molar-refractivity contribution in [2.75, 3.05) is 13.7 Å². The summed E-state index contributed by atoms with van der Waals surface area (Å²) in [7, 11) is 1.74. The quantitative estimate of drug-likeness (QED) is 0.637. The summed E-state index contributed by atoms with van der Waals surface area (Å²) in [5, 5.41) is 3.49. The van der Waals surface area contributed by atoms with Gasteiger partial charge < -0.3 is 10.1 Å². The van der Waals surface area contributed by atoms with Gasteiger partial charge in [-0.05, 0) is 20.3 Å². The normalized spacial score (nSPS) is 16.0. The molecule has 1 N–H and O–H groups in total. The molecule has 2 unspecified atom stereocenters. The van der Waals surface area contributed by atoms with Crippen LogP contribution in [0.2, 0.25) is 0 Å². The SMILES string of the molecule is CCCCC(C)NC(C)COC. The van der Waals surface area contributed by atoms with Crippen LogP contribution < -0.4 is 5.32 Å². The lowest BCUT2D eigenvalue weighted by molar-refractivity contribution is 0.166. The molecule has 0 heterocycles. The van der Waals surface area contributed by atoms with E-state index in [9.17, 15) is 0 Å². The largest absolute Gasteiger partial charge is 0.383 e. The van der Waals surface area contributed by atoms with E-state index >= 15 is 0 Å². The van der Waals surface area contributed by atoms with Crippen molar-refractivity contribution in [2.24, 2.45) is 0 Å². The maximum Gasteiger partial charge on any atom is 0.0613 e. The Balaban J connectivity index is 3.33. The van der Waals surface area contributed by atoms with Crippen molar-refractivity contribution in [3.8, 4) is 0 Å². The fourth-order valence-electron chi connectivity index (χ4n) is 1.38. The van der Waals surface area contributed by atoms with Crippen LogP contribution in [0.3, 0.4) is 0 Å². The minimum atomic E-state index is 0.474. The molecule has 2 atom stereocenters. The fraction of sp³-hybridized carbons (Fsp3) is 1.00. The zero-order valence-corrected chi connectivity index (χ0v) is 8.89. The summed E-state index contributed by atoms with van der Waals surface area (Å²) in [4.78, 5) is 0. The van der Waals surface area contributed by atoms with Crippen LogP contribution in [0, 0.1) is 0 Å². The van der Waals surface area contributed by atoms with Crippen molar-refractivity contribution in [1.29, 1.82) is 0 Å². The monoisotopic (exact) mass is 173 g/mol. The highest BCUT2D eigenvalue weighted by molar-refractivity contribution is 4.66. The van der Waals surface area contributed by atoms with Crippen LogP contribution in [0.1, 0.15) is 40.0 Å². The van der Waals surface area contributed by atoms with Crippen molar-refractivity contribution in [3.05, 3.63) is 0 Å². The summed E-state index contributed by atoms with van der Waals surface area (Å²) in [6.45, 7) is 7.43. The van der Waals surface area contributed by atoms with Crippen LogP contribution in [0.25, 0.3) is 0 Å². The van der Waals surface area contributed by atoms with Gasteiger partial charge in [0.05, 0.1) is 6.61 Å². The maximum atomic E-state index is 5.05. The molecule has 0 saturated heterocycles. The Morgan fingerprint density at radius 2 is 1.92 bits per heavy atom. The third kappa shape index (κ3) is 6.62. The molecule has 0 aliphatic heterocycles. The molecule has 0 amide bonds. The Kier molecular flexibility index (Phi) is 7.51. The summed E-state index contributed by atoms with van der Waals surface area (Å²) >= 11 is 0. The third-order valence-electron chi connectivity index (χ3n) is 1.98. The first-order valence-corrected chi connectivity index (χ1v) is 4.95. The van der Waals surface area contributed by atoms with Crippen molar-refractivity contribution < 1.29 is 4.74 Å². The van der Waals surface area contributed by atoms with E-state index in [4.69, 9.17) is 4.74 Å². The molecule has 2 heteroatoms. The van der Waals surface area contributed by atoms with E-state index in [1.165, 1.54) is 19.3 Å². The predicted molar refractivity (Wildman–Crippen MR) is 53.5 cm³/mol. The van der Waals surface area contributed by atoms with Gasteiger partial charge in [0, 0.05) is 19.2 Å². The van der Waals surface area contributed by atoms with Crippen LogP contribution in [0.5, 0.6) is 0 Å². The minimum Gasteiger partial charge on any atom is -0.383 e. The molecule has 0 saturated carbocycles. The molecule has 0 bridgehead atoms. The Bertz CT molecular complexity index is 95.8. The summed E-state index contributed by atoms with van der Waals surface area (Å²) in [5.41, 5.74) is 0. The second kappa shape index (κ2) is 7.56. The Labute approximate surface area is 76.7 Å². The first-order chi connectivity index (χ1) is 5.70. The Morgan fingerprint density at radius 1 is 1.25 bits per heavy atom. The van der Waals surface area contributed by atoms with E-state index in [2.05, 4.69) is 26.1 Å². The van der Waals surface area contributed by atoms with E-state index in [0.717, 1.165) is 6.61 Å². The van der Waals surface area contributed by atoms with Gasteiger partial charge in [-0.15, -0.1) is 0 Å². The topological polar surface area (TPSA) is 21.3 Å². The number of rotatable bonds is 7. The van der Waals surface area contributed by atoms with Gasteiger partial charge in [0.25, 0.3) is 0 Å². The molecule has 0 aliphatic rings. The average Bonchev–Trinajstić information content (AvgIpc) is 2.01. The molecule has 2 nitrogen and oxygen atoms in total. The highest BCUT2D eigenvalue weighted by Crippen LogP contribution is 2.00. The minimum absolute atomic E-state index is 0.474. The van der Waals surface area contributed by atoms with E-state index in [1.54, 1.807) is 7.11 Å². The molecule has 0 aromatic heterocycles. The van der Waals surface area contributed by atoms with E-state index in [-0.39, 0.29) is 0 Å². The molecular weight excluding hydrogens is 150 g/mol. The number of nitrogens with one attached hydrogen (secondary N) is 1. The van der Waals surface area contributed by atoms with Gasteiger partial charge in [0.2, 0.25) is 0 Å². The Morgan fingerprint density at radius 3 is 2.42 bits per heavy atom. The van der Waals surface area contributed by atoms with Crippen LogP contribution >= 0.6 is 0 Å². The molecule has 0 fully saturated rings. The summed E-state index contributed by atoms with van der Waals surface area (Å²) in [6, 6.07) is 1.09. The summed E-state index contributed by atoms with van der Waals surface area (Å²) < 4.78 is 5.05. The summed E-state index contributed by atoms with van der Waals surface area (Å²) in [5.74, 6) is 0. The van der Waals surface area contributed by atoms with Gasteiger partial charge in [-0.3, -0.25) is 0 Å². The van der Waals surface area contributed by atoms with Crippen molar-refractivity contribution in [2.45, 2.75) is 52.1 Å². The molecule has 0 aliphatic carbocycles. The van der Waals surface area contributed by atoms with Gasteiger partial charge in [0.1, 0.15) is 0 Å². The van der Waals surface area contributed by atoms with Crippen LogP contribution in [0.4, 0.5) is 0 Å². The number of hydrogen-bond acceptors (Lipinski definition) is 2. The fourth-order valence-corrected chi connectivity index (χ4v) is 1.38. The van der Waals surface area contributed by atoms with Gasteiger partial charge in [-0.2, -0.15) is 0 Å². The third-order valence-corrected chi connectivity index (χ3v) is 1.98. The molecule has 74 valence electrons. The molecule has 12 heavy (non-hydrogen) atoms. The smallest absolute Gasteiger partial charge is 0.0613 e. The Hall–Kier alpha value is -0.0800. The second-order valence-corrected chi connectivity index (χ2v) is 3.57. The van der Waals surface area contributed by atoms with Crippen LogP contribution in [-0.2, 0) is 4.74 Å². The van der Waals surface area contributed by atoms with E-state index < -0.39 is 0 Å². The first kappa shape index (κ1) is 11.9. The summed E-state index contributed by atoms with van der Waals surface area (Å²) in [6.07, 6.45) is 3.86. The molecule has 0 radical (unpaired) electrons. The van der Waals surface area contributed by atoms with Gasteiger partial charge >= 0.3 is 0 Å². The highest BCUT2D eigenvalue weighted by Gasteiger charge is 2.05. The number of ether oxygens (including phenoxy) is 1. The highest BCUT2D eigenvalue weighted by atomic mass is 16.5. The maximum absolute atomic E-state index is 5.05. The van der Waals surface area contributed by atoms with Gasteiger partial charge in [0.15, 0.2) is 0 Å². The average molecular weight is 173 g/mol. The van der Waals surface area contributed by atoms with Crippen molar-refractivity contribution >= 4 is 0 Å². The lowest BCUT2D eigenvalue weighted by atomic mass is 10.1. The molecule has 0 rings (SSSR count). The predicted octanol–water partition coefficient (Wildman–Crippen LogP) is 2.19. The molecule has 0 spiro atoms. The number of unbranched alkanes of at least 4 members (excludes halogenated alkanes) is 1. The molecule has 0 aromatic rings. The molecule has 0 aromatic carbocycles. The lowest BCUT2D eigenvalue weighted by Gasteiger charge is -2.18. The standard InChI is InChI=1S/C10H23NO/c1-5-6-7-9(2)11-10(3)8-12-4/h9-11H,5-8H2,1-4H3. The van der Waals surface area contributed by atoms with Crippen LogP contribution in [-0.4, -0.2) is 25.8 Å². The number of methoxy groups -OCH3 is 1. The van der Waals surface area contributed by atoms with Gasteiger partial charge in [-0.25, -0.2) is 0 Å². The first-order valence-electron chi connectivity index (χ1n) is 4.95. The van der Waals surface area contributed by atoms with Crippen LogP contribution in [0.15, 0.2) is 0 Å². The zero-order chi connectivity index (χ0) is 9.40. The number of hydrogen-bond donors (Lipinski definition) is 1. The second-order valence-electron chi connectivity index (χ2n) is 3.57. The van der Waals surface area contributed by atoms with Crippen molar-refractivity contribution in [3.63, 3.8) is 0 Å². The lowest BCUT2D eigenvalue weighted by Crippen LogP contribution is -2.37. The zero-order valence-electron chi connectivity index (χ0n) is 8.89. The van der Waals surface area contributed by atoms with Gasteiger partial charge in [-0.1, -0.05) is 19.8 Å².